The van der Waals surface area contributed by atoms with E-state index in [9.17, 15) is 4.79 Å². The summed E-state index contributed by atoms with van der Waals surface area (Å²) in [7, 11) is 0. The van der Waals surface area contributed by atoms with Crippen LogP contribution >= 0.6 is 0 Å². The zero-order valence-electron chi connectivity index (χ0n) is 11.4. The number of hydrogen-bond acceptors (Lipinski definition) is 4. The van der Waals surface area contributed by atoms with Crippen molar-refractivity contribution in [3.63, 3.8) is 0 Å². The van der Waals surface area contributed by atoms with Crippen molar-refractivity contribution in [2.45, 2.75) is 13.0 Å². The van der Waals surface area contributed by atoms with E-state index in [0.29, 0.717) is 17.1 Å². The molecule has 0 aliphatic heterocycles. The third-order valence-electron chi connectivity index (χ3n) is 3.15. The van der Waals surface area contributed by atoms with E-state index in [1.165, 1.54) is 0 Å². The fourth-order valence-electron chi connectivity index (χ4n) is 2.00. The number of hydrogen-bond donors (Lipinski definition) is 2. The summed E-state index contributed by atoms with van der Waals surface area (Å²) in [6.07, 6.45) is 4.96. The minimum atomic E-state index is -0.242. The lowest BCUT2D eigenvalue weighted by atomic mass is 10.1. The standard InChI is InChI=1S/C15H14N4O2/c1-10(11-4-6-16-7-5-11)17-15(20)13-9-12(18-19-13)14-3-2-8-21-14/h2-10H,1H3,(H,17,20)(H,18,19). The van der Waals surface area contributed by atoms with Gasteiger partial charge in [0, 0.05) is 18.5 Å². The first kappa shape index (κ1) is 13.1. The van der Waals surface area contributed by atoms with Crippen molar-refractivity contribution < 1.29 is 9.21 Å². The summed E-state index contributed by atoms with van der Waals surface area (Å²) in [6, 6.07) is 8.85. The molecule has 3 aromatic heterocycles. The molecule has 1 amide bonds. The summed E-state index contributed by atoms with van der Waals surface area (Å²) in [4.78, 5) is 16.1. The van der Waals surface area contributed by atoms with Crippen LogP contribution in [0.25, 0.3) is 11.5 Å². The van der Waals surface area contributed by atoms with Gasteiger partial charge in [0.1, 0.15) is 5.69 Å². The van der Waals surface area contributed by atoms with E-state index in [0.717, 1.165) is 5.56 Å². The molecule has 1 atom stereocenters. The van der Waals surface area contributed by atoms with Crippen LogP contribution < -0.4 is 5.32 Å². The molecule has 3 rings (SSSR count). The smallest absolute Gasteiger partial charge is 0.272 e. The van der Waals surface area contributed by atoms with E-state index in [1.807, 2.05) is 19.1 Å². The Bertz CT molecular complexity index is 719. The molecule has 3 heterocycles. The first-order valence-electron chi connectivity index (χ1n) is 6.54. The van der Waals surface area contributed by atoms with Gasteiger partial charge in [-0.15, -0.1) is 0 Å². The number of rotatable bonds is 4. The van der Waals surface area contributed by atoms with E-state index >= 15 is 0 Å². The quantitative estimate of drug-likeness (QED) is 0.770. The van der Waals surface area contributed by atoms with Crippen LogP contribution in [-0.2, 0) is 0 Å². The molecular formula is C15H14N4O2. The molecule has 3 aromatic rings. The normalized spacial score (nSPS) is 12.0. The lowest BCUT2D eigenvalue weighted by Crippen LogP contribution is -2.26. The highest BCUT2D eigenvalue weighted by atomic mass is 16.3. The van der Waals surface area contributed by atoms with E-state index < -0.39 is 0 Å². The lowest BCUT2D eigenvalue weighted by Gasteiger charge is -2.12. The SMILES string of the molecule is CC(NC(=O)c1cc(-c2ccco2)[nH]n1)c1ccncc1. The van der Waals surface area contributed by atoms with Crippen molar-refractivity contribution in [2.75, 3.05) is 0 Å². The number of nitrogens with one attached hydrogen (secondary N) is 2. The summed E-state index contributed by atoms with van der Waals surface area (Å²) in [5.74, 6) is 0.400. The van der Waals surface area contributed by atoms with E-state index in [-0.39, 0.29) is 11.9 Å². The van der Waals surface area contributed by atoms with Gasteiger partial charge in [-0.3, -0.25) is 14.9 Å². The van der Waals surface area contributed by atoms with Gasteiger partial charge in [-0.25, -0.2) is 0 Å². The second-order valence-corrected chi connectivity index (χ2v) is 4.62. The highest BCUT2D eigenvalue weighted by Gasteiger charge is 2.15. The van der Waals surface area contributed by atoms with Gasteiger partial charge in [-0.2, -0.15) is 5.10 Å². The van der Waals surface area contributed by atoms with Crippen molar-refractivity contribution in [3.05, 3.63) is 60.2 Å². The maximum atomic E-state index is 12.2. The number of amides is 1. The minimum Gasteiger partial charge on any atom is -0.463 e. The molecule has 0 saturated carbocycles. The number of nitrogens with zero attached hydrogens (tertiary/aromatic N) is 2. The van der Waals surface area contributed by atoms with Gasteiger partial charge in [0.25, 0.3) is 5.91 Å². The lowest BCUT2D eigenvalue weighted by molar-refractivity contribution is 0.0935. The predicted octanol–water partition coefficient (Wildman–Crippen LogP) is 2.56. The van der Waals surface area contributed by atoms with Crippen LogP contribution in [0.5, 0.6) is 0 Å². The average molecular weight is 282 g/mol. The Labute approximate surface area is 121 Å². The maximum Gasteiger partial charge on any atom is 0.272 e. The summed E-state index contributed by atoms with van der Waals surface area (Å²) in [5, 5.41) is 9.69. The Hall–Kier alpha value is -2.89. The first-order valence-corrected chi connectivity index (χ1v) is 6.54. The molecule has 106 valence electrons. The summed E-state index contributed by atoms with van der Waals surface area (Å²) in [6.45, 7) is 1.91. The van der Waals surface area contributed by atoms with Gasteiger partial charge < -0.3 is 9.73 Å². The molecule has 0 radical (unpaired) electrons. The molecule has 6 heteroatoms. The van der Waals surface area contributed by atoms with Crippen LogP contribution in [0.2, 0.25) is 0 Å². The molecule has 2 N–H and O–H groups in total. The number of furan rings is 1. The molecule has 21 heavy (non-hydrogen) atoms. The molecule has 0 spiro atoms. The average Bonchev–Trinajstić information content (AvgIpc) is 3.19. The highest BCUT2D eigenvalue weighted by molar-refractivity contribution is 5.93. The predicted molar refractivity (Wildman–Crippen MR) is 76.4 cm³/mol. The monoisotopic (exact) mass is 282 g/mol. The Morgan fingerprint density at radius 2 is 2.14 bits per heavy atom. The zero-order chi connectivity index (χ0) is 14.7. The Morgan fingerprint density at radius 1 is 1.33 bits per heavy atom. The first-order chi connectivity index (χ1) is 10.2. The fourth-order valence-corrected chi connectivity index (χ4v) is 2.00. The molecule has 0 saturated heterocycles. The molecule has 6 nitrogen and oxygen atoms in total. The van der Waals surface area contributed by atoms with Gasteiger partial charge >= 0.3 is 0 Å². The van der Waals surface area contributed by atoms with Gasteiger partial charge in [-0.05, 0) is 36.8 Å². The van der Waals surface area contributed by atoms with Crippen LogP contribution in [0, 0.1) is 0 Å². The number of pyridine rings is 1. The van der Waals surface area contributed by atoms with Crippen molar-refractivity contribution in [1.29, 1.82) is 0 Å². The van der Waals surface area contributed by atoms with Crippen molar-refractivity contribution in [3.8, 4) is 11.5 Å². The molecule has 0 aliphatic carbocycles. The minimum absolute atomic E-state index is 0.121. The van der Waals surface area contributed by atoms with Crippen LogP contribution in [0.1, 0.15) is 29.0 Å². The number of H-pyrrole nitrogens is 1. The summed E-state index contributed by atoms with van der Waals surface area (Å²) >= 11 is 0. The molecule has 0 fully saturated rings. The highest BCUT2D eigenvalue weighted by Crippen LogP contribution is 2.18. The van der Waals surface area contributed by atoms with Crippen molar-refractivity contribution in [1.82, 2.24) is 20.5 Å². The zero-order valence-corrected chi connectivity index (χ0v) is 11.4. The molecule has 0 aromatic carbocycles. The maximum absolute atomic E-state index is 12.2. The topological polar surface area (TPSA) is 83.8 Å². The number of carbonyl (C=O) groups is 1. The van der Waals surface area contributed by atoms with E-state index in [2.05, 4.69) is 20.5 Å². The second kappa shape index (κ2) is 5.62. The number of aromatic amines is 1. The largest absolute Gasteiger partial charge is 0.463 e. The second-order valence-electron chi connectivity index (χ2n) is 4.62. The Balaban J connectivity index is 1.71. The van der Waals surface area contributed by atoms with E-state index in [4.69, 9.17) is 4.42 Å². The van der Waals surface area contributed by atoms with Gasteiger partial charge in [0.15, 0.2) is 11.5 Å². The molecule has 1 unspecified atom stereocenters. The van der Waals surface area contributed by atoms with Crippen molar-refractivity contribution >= 4 is 5.91 Å². The Morgan fingerprint density at radius 3 is 2.86 bits per heavy atom. The number of carbonyl (C=O) groups excluding carboxylic acids is 1. The van der Waals surface area contributed by atoms with Crippen molar-refractivity contribution in [2.24, 2.45) is 0 Å². The Kier molecular flexibility index (Phi) is 3.51. The summed E-state index contributed by atoms with van der Waals surface area (Å²) < 4.78 is 5.25. The number of aromatic nitrogens is 3. The molecular weight excluding hydrogens is 268 g/mol. The van der Waals surface area contributed by atoms with Crippen LogP contribution in [0.15, 0.2) is 53.4 Å². The van der Waals surface area contributed by atoms with Crippen LogP contribution in [0.4, 0.5) is 0 Å². The van der Waals surface area contributed by atoms with Crippen LogP contribution in [0.3, 0.4) is 0 Å². The third-order valence-corrected chi connectivity index (χ3v) is 3.15. The van der Waals surface area contributed by atoms with Gasteiger partial charge in [-0.1, -0.05) is 0 Å². The third kappa shape index (κ3) is 2.84. The molecule has 0 bridgehead atoms. The molecule has 0 aliphatic rings. The van der Waals surface area contributed by atoms with E-state index in [1.54, 1.807) is 36.9 Å². The van der Waals surface area contributed by atoms with Gasteiger partial charge in [0.05, 0.1) is 12.3 Å². The summed E-state index contributed by atoms with van der Waals surface area (Å²) in [5.41, 5.74) is 1.98. The van der Waals surface area contributed by atoms with Gasteiger partial charge in [0.2, 0.25) is 0 Å². The van der Waals surface area contributed by atoms with Crippen LogP contribution in [-0.4, -0.2) is 21.1 Å². The fraction of sp³-hybridized carbons (Fsp3) is 0.133.